The minimum absolute atomic E-state index is 0.154. The van der Waals surface area contributed by atoms with E-state index in [0.717, 1.165) is 25.3 Å². The highest BCUT2D eigenvalue weighted by Crippen LogP contribution is 2.06. The average molecular weight is 142 g/mol. The number of hydrogen-bond donors (Lipinski definition) is 1. The van der Waals surface area contributed by atoms with Crippen LogP contribution in [0.25, 0.3) is 0 Å². The Balaban J connectivity index is 2.25. The molecule has 0 radical (unpaired) electrons. The first-order valence-corrected chi connectivity index (χ1v) is 3.77. The molecule has 0 aromatic carbocycles. The van der Waals surface area contributed by atoms with Crippen molar-refractivity contribution in [1.29, 1.82) is 0 Å². The van der Waals surface area contributed by atoms with Crippen molar-refractivity contribution >= 4 is 5.90 Å². The second-order valence-corrected chi connectivity index (χ2v) is 2.46. The van der Waals surface area contributed by atoms with Gasteiger partial charge in [0, 0.05) is 13.0 Å². The Morgan fingerprint density at radius 3 is 3.10 bits per heavy atom. The predicted molar refractivity (Wildman–Crippen MR) is 41.1 cm³/mol. The molecule has 0 fully saturated rings. The van der Waals surface area contributed by atoms with Gasteiger partial charge in [-0.3, -0.25) is 4.99 Å². The summed E-state index contributed by atoms with van der Waals surface area (Å²) in [7, 11) is 0. The molecule has 0 amide bonds. The van der Waals surface area contributed by atoms with E-state index >= 15 is 0 Å². The fourth-order valence-electron chi connectivity index (χ4n) is 0.945. The zero-order valence-electron chi connectivity index (χ0n) is 6.34. The van der Waals surface area contributed by atoms with E-state index in [2.05, 4.69) is 11.9 Å². The van der Waals surface area contributed by atoms with Gasteiger partial charge in [-0.05, 0) is 6.42 Å². The number of rotatable bonds is 3. The molecule has 1 aliphatic rings. The number of ether oxygens (including phenoxy) is 1. The number of hydrogen-bond acceptors (Lipinski definition) is 3. The van der Waals surface area contributed by atoms with Crippen LogP contribution in [-0.2, 0) is 4.74 Å². The largest absolute Gasteiger partial charge is 0.474 e. The van der Waals surface area contributed by atoms with Crippen molar-refractivity contribution in [1.82, 2.24) is 0 Å². The Morgan fingerprint density at radius 2 is 2.60 bits per heavy atom. The lowest BCUT2D eigenvalue weighted by molar-refractivity contribution is 0.226. The van der Waals surface area contributed by atoms with E-state index in [1.54, 1.807) is 0 Å². The zero-order valence-corrected chi connectivity index (χ0v) is 6.34. The average Bonchev–Trinajstić information content (AvgIpc) is 2.37. The molecule has 0 saturated heterocycles. The van der Waals surface area contributed by atoms with Gasteiger partial charge in [0.25, 0.3) is 0 Å². The Hall–Kier alpha value is -0.570. The minimum atomic E-state index is 0.154. The molecule has 0 aromatic heterocycles. The Bertz CT molecular complexity index is 134. The maximum atomic E-state index is 5.39. The third-order valence-electron chi connectivity index (χ3n) is 1.50. The molecule has 1 atom stereocenters. The Kier molecular flexibility index (Phi) is 2.68. The maximum Gasteiger partial charge on any atom is 0.183 e. The lowest BCUT2D eigenvalue weighted by Crippen LogP contribution is -2.23. The smallest absolute Gasteiger partial charge is 0.183 e. The van der Waals surface area contributed by atoms with Crippen LogP contribution in [0.2, 0.25) is 0 Å². The van der Waals surface area contributed by atoms with E-state index in [1.165, 1.54) is 0 Å². The van der Waals surface area contributed by atoms with Crippen LogP contribution in [0.15, 0.2) is 4.99 Å². The van der Waals surface area contributed by atoms with E-state index in [0.29, 0.717) is 6.54 Å². The van der Waals surface area contributed by atoms with Gasteiger partial charge in [-0.25, -0.2) is 0 Å². The van der Waals surface area contributed by atoms with E-state index in [4.69, 9.17) is 10.5 Å². The number of nitrogens with zero attached hydrogens (tertiary/aromatic N) is 1. The SMILES string of the molecule is CCCC1=NCC(CN)O1. The van der Waals surface area contributed by atoms with E-state index in [1.807, 2.05) is 0 Å². The van der Waals surface area contributed by atoms with Gasteiger partial charge in [-0.2, -0.15) is 0 Å². The molecular weight excluding hydrogens is 128 g/mol. The Morgan fingerprint density at radius 1 is 1.80 bits per heavy atom. The van der Waals surface area contributed by atoms with Crippen molar-refractivity contribution in [3.63, 3.8) is 0 Å². The van der Waals surface area contributed by atoms with Crippen LogP contribution in [0.4, 0.5) is 0 Å². The quantitative estimate of drug-likeness (QED) is 0.625. The first-order valence-electron chi connectivity index (χ1n) is 3.77. The topological polar surface area (TPSA) is 47.6 Å². The molecular formula is C7H14N2O. The highest BCUT2D eigenvalue weighted by atomic mass is 16.5. The summed E-state index contributed by atoms with van der Waals surface area (Å²) in [6.07, 6.45) is 2.20. The van der Waals surface area contributed by atoms with Crippen molar-refractivity contribution in [2.45, 2.75) is 25.9 Å². The second kappa shape index (κ2) is 3.56. The molecule has 0 bridgehead atoms. The van der Waals surface area contributed by atoms with E-state index in [-0.39, 0.29) is 6.10 Å². The summed E-state index contributed by atoms with van der Waals surface area (Å²) in [5.41, 5.74) is 5.39. The van der Waals surface area contributed by atoms with Crippen molar-refractivity contribution < 1.29 is 4.74 Å². The summed E-state index contributed by atoms with van der Waals surface area (Å²) in [6, 6.07) is 0. The van der Waals surface area contributed by atoms with Crippen molar-refractivity contribution in [2.24, 2.45) is 10.7 Å². The molecule has 0 aromatic rings. The summed E-state index contributed by atoms with van der Waals surface area (Å²) >= 11 is 0. The Labute approximate surface area is 61.3 Å². The van der Waals surface area contributed by atoms with Crippen LogP contribution in [0.1, 0.15) is 19.8 Å². The van der Waals surface area contributed by atoms with Crippen LogP contribution in [0, 0.1) is 0 Å². The normalized spacial score (nSPS) is 24.2. The summed E-state index contributed by atoms with van der Waals surface area (Å²) in [6.45, 7) is 3.45. The molecule has 1 rings (SSSR count). The van der Waals surface area contributed by atoms with Crippen LogP contribution < -0.4 is 5.73 Å². The maximum absolute atomic E-state index is 5.39. The summed E-state index contributed by atoms with van der Waals surface area (Å²) in [5.74, 6) is 0.887. The zero-order chi connectivity index (χ0) is 7.40. The first-order chi connectivity index (χ1) is 4.86. The van der Waals surface area contributed by atoms with Crippen LogP contribution in [-0.4, -0.2) is 25.1 Å². The predicted octanol–water partition coefficient (Wildman–Crippen LogP) is 0.543. The molecule has 3 heteroatoms. The molecule has 0 spiro atoms. The minimum Gasteiger partial charge on any atom is -0.474 e. The fraction of sp³-hybridized carbons (Fsp3) is 0.857. The fourth-order valence-corrected chi connectivity index (χ4v) is 0.945. The lowest BCUT2D eigenvalue weighted by atomic mass is 10.3. The molecule has 1 heterocycles. The van der Waals surface area contributed by atoms with Gasteiger partial charge < -0.3 is 10.5 Å². The molecule has 0 saturated carbocycles. The van der Waals surface area contributed by atoms with Gasteiger partial charge in [0.1, 0.15) is 6.10 Å². The van der Waals surface area contributed by atoms with Crippen LogP contribution in [0.3, 0.4) is 0 Å². The molecule has 1 unspecified atom stereocenters. The van der Waals surface area contributed by atoms with E-state index < -0.39 is 0 Å². The molecule has 10 heavy (non-hydrogen) atoms. The van der Waals surface area contributed by atoms with Crippen molar-refractivity contribution in [3.05, 3.63) is 0 Å². The van der Waals surface area contributed by atoms with Crippen molar-refractivity contribution in [2.75, 3.05) is 13.1 Å². The lowest BCUT2D eigenvalue weighted by Gasteiger charge is -2.06. The van der Waals surface area contributed by atoms with E-state index in [9.17, 15) is 0 Å². The summed E-state index contributed by atoms with van der Waals surface area (Å²) in [4.78, 5) is 4.19. The first kappa shape index (κ1) is 7.54. The van der Waals surface area contributed by atoms with Gasteiger partial charge >= 0.3 is 0 Å². The third kappa shape index (κ3) is 1.70. The number of aliphatic imine (C=N–C) groups is 1. The highest BCUT2D eigenvalue weighted by Gasteiger charge is 2.16. The highest BCUT2D eigenvalue weighted by molar-refractivity contribution is 5.77. The van der Waals surface area contributed by atoms with Crippen LogP contribution in [0.5, 0.6) is 0 Å². The molecule has 58 valence electrons. The van der Waals surface area contributed by atoms with Gasteiger partial charge in [0.15, 0.2) is 5.90 Å². The summed E-state index contributed by atoms with van der Waals surface area (Å²) in [5, 5.41) is 0. The van der Waals surface area contributed by atoms with Gasteiger partial charge in [0.2, 0.25) is 0 Å². The van der Waals surface area contributed by atoms with Crippen LogP contribution >= 0.6 is 0 Å². The molecule has 2 N–H and O–H groups in total. The van der Waals surface area contributed by atoms with Gasteiger partial charge in [-0.1, -0.05) is 6.92 Å². The van der Waals surface area contributed by atoms with Gasteiger partial charge in [0.05, 0.1) is 6.54 Å². The standard InChI is InChI=1S/C7H14N2O/c1-2-3-7-9-5-6(4-8)10-7/h6H,2-5,8H2,1H3. The summed E-state index contributed by atoms with van der Waals surface area (Å²) < 4.78 is 5.38. The van der Waals surface area contributed by atoms with Gasteiger partial charge in [-0.15, -0.1) is 0 Å². The molecule has 3 nitrogen and oxygen atoms in total. The van der Waals surface area contributed by atoms with Crippen molar-refractivity contribution in [3.8, 4) is 0 Å². The molecule has 0 aliphatic carbocycles. The molecule has 1 aliphatic heterocycles. The second-order valence-electron chi connectivity index (χ2n) is 2.46. The number of nitrogens with two attached hydrogens (primary N) is 1. The third-order valence-corrected chi connectivity index (χ3v) is 1.50. The monoisotopic (exact) mass is 142 g/mol.